The van der Waals surface area contributed by atoms with Crippen LogP contribution < -0.4 is 15.4 Å². The van der Waals surface area contributed by atoms with Crippen LogP contribution in [0.5, 0.6) is 5.75 Å². The molecule has 1 heterocycles. The van der Waals surface area contributed by atoms with Crippen LogP contribution in [0.4, 0.5) is 0 Å². The highest BCUT2D eigenvalue weighted by molar-refractivity contribution is 5.77. The zero-order chi connectivity index (χ0) is 13.7. The first-order chi connectivity index (χ1) is 9.15. The second-order valence-electron chi connectivity index (χ2n) is 5.17. The summed E-state index contributed by atoms with van der Waals surface area (Å²) in [6.45, 7) is 6.02. The Balaban J connectivity index is 1.79. The van der Waals surface area contributed by atoms with Gasteiger partial charge < -0.3 is 15.4 Å². The van der Waals surface area contributed by atoms with E-state index in [-0.39, 0.29) is 18.6 Å². The summed E-state index contributed by atoms with van der Waals surface area (Å²) in [5.41, 5.74) is 2.26. The maximum Gasteiger partial charge on any atom is 0.258 e. The molecule has 1 aliphatic rings. The number of nitrogens with one attached hydrogen (secondary N) is 2. The first kappa shape index (κ1) is 13.9. The van der Waals surface area contributed by atoms with Gasteiger partial charge in [0.2, 0.25) is 0 Å². The molecule has 19 heavy (non-hydrogen) atoms. The number of carbonyl (C=O) groups is 1. The van der Waals surface area contributed by atoms with Crippen molar-refractivity contribution in [3.05, 3.63) is 29.3 Å². The minimum Gasteiger partial charge on any atom is -0.484 e. The van der Waals surface area contributed by atoms with Crippen LogP contribution in [0.15, 0.2) is 18.2 Å². The third-order valence-electron chi connectivity index (χ3n) is 3.35. The molecule has 1 aromatic rings. The van der Waals surface area contributed by atoms with Gasteiger partial charge in [-0.1, -0.05) is 17.7 Å². The van der Waals surface area contributed by atoms with Crippen LogP contribution in [0.2, 0.25) is 0 Å². The smallest absolute Gasteiger partial charge is 0.258 e. The average molecular weight is 262 g/mol. The Kier molecular flexibility index (Phi) is 4.80. The van der Waals surface area contributed by atoms with Gasteiger partial charge in [0.05, 0.1) is 0 Å². The molecule has 2 rings (SSSR count). The molecule has 2 N–H and O–H groups in total. The Morgan fingerprint density at radius 3 is 3.00 bits per heavy atom. The van der Waals surface area contributed by atoms with Gasteiger partial charge in [0.1, 0.15) is 5.75 Å². The average Bonchev–Trinajstić information content (AvgIpc) is 2.39. The van der Waals surface area contributed by atoms with Gasteiger partial charge >= 0.3 is 0 Å². The predicted molar refractivity (Wildman–Crippen MR) is 75.4 cm³/mol. The number of benzene rings is 1. The first-order valence-electron chi connectivity index (χ1n) is 6.85. The highest BCUT2D eigenvalue weighted by Gasteiger charge is 2.15. The number of hydrogen-bond donors (Lipinski definition) is 2. The molecular weight excluding hydrogens is 240 g/mol. The van der Waals surface area contributed by atoms with E-state index in [1.807, 2.05) is 26.0 Å². The van der Waals surface area contributed by atoms with E-state index < -0.39 is 0 Å². The Bertz CT molecular complexity index is 440. The van der Waals surface area contributed by atoms with E-state index in [9.17, 15) is 4.79 Å². The van der Waals surface area contributed by atoms with E-state index in [1.54, 1.807) is 0 Å². The van der Waals surface area contributed by atoms with E-state index in [2.05, 4.69) is 16.7 Å². The summed E-state index contributed by atoms with van der Waals surface area (Å²) < 4.78 is 5.56. The molecule has 0 radical (unpaired) electrons. The summed E-state index contributed by atoms with van der Waals surface area (Å²) in [7, 11) is 0. The molecule has 0 spiro atoms. The minimum absolute atomic E-state index is 0.0475. The highest BCUT2D eigenvalue weighted by Crippen LogP contribution is 2.18. The van der Waals surface area contributed by atoms with E-state index in [0.29, 0.717) is 0 Å². The van der Waals surface area contributed by atoms with Gasteiger partial charge in [0.15, 0.2) is 6.61 Å². The molecule has 0 bridgehead atoms. The van der Waals surface area contributed by atoms with Gasteiger partial charge in [-0.25, -0.2) is 0 Å². The summed E-state index contributed by atoms with van der Waals surface area (Å²) >= 11 is 0. The van der Waals surface area contributed by atoms with Gasteiger partial charge in [-0.3, -0.25) is 4.79 Å². The van der Waals surface area contributed by atoms with Crippen LogP contribution in [-0.4, -0.2) is 31.6 Å². The lowest BCUT2D eigenvalue weighted by molar-refractivity contribution is -0.123. The maximum atomic E-state index is 11.8. The van der Waals surface area contributed by atoms with E-state index in [0.717, 1.165) is 37.2 Å². The maximum absolute atomic E-state index is 11.8. The summed E-state index contributed by atoms with van der Waals surface area (Å²) in [6, 6.07) is 6.20. The fourth-order valence-corrected chi connectivity index (χ4v) is 2.35. The Labute approximate surface area is 114 Å². The number of piperidine rings is 1. The summed E-state index contributed by atoms with van der Waals surface area (Å²) in [5, 5.41) is 6.27. The van der Waals surface area contributed by atoms with Crippen LogP contribution in [0, 0.1) is 13.8 Å². The number of rotatable bonds is 4. The van der Waals surface area contributed by atoms with Crippen LogP contribution in [-0.2, 0) is 4.79 Å². The molecule has 1 aliphatic heterocycles. The molecule has 1 unspecified atom stereocenters. The van der Waals surface area contributed by atoms with E-state index in [4.69, 9.17) is 4.74 Å². The fraction of sp³-hybridized carbons (Fsp3) is 0.533. The first-order valence-corrected chi connectivity index (χ1v) is 6.85. The number of hydrogen-bond acceptors (Lipinski definition) is 3. The second-order valence-corrected chi connectivity index (χ2v) is 5.17. The zero-order valence-corrected chi connectivity index (χ0v) is 11.7. The molecule has 4 nitrogen and oxygen atoms in total. The topological polar surface area (TPSA) is 50.4 Å². The third kappa shape index (κ3) is 4.24. The van der Waals surface area contributed by atoms with Crippen LogP contribution in [0.3, 0.4) is 0 Å². The lowest BCUT2D eigenvalue weighted by Gasteiger charge is -2.23. The van der Waals surface area contributed by atoms with Crippen molar-refractivity contribution in [1.82, 2.24) is 10.6 Å². The van der Waals surface area contributed by atoms with Crippen LogP contribution >= 0.6 is 0 Å². The van der Waals surface area contributed by atoms with Crippen molar-refractivity contribution in [1.29, 1.82) is 0 Å². The molecule has 104 valence electrons. The van der Waals surface area contributed by atoms with Crippen molar-refractivity contribution in [2.75, 3.05) is 19.7 Å². The molecule has 0 saturated carbocycles. The SMILES string of the molecule is Cc1ccc(OCC(=O)NC2CCCNC2)c(C)c1. The van der Waals surface area contributed by atoms with Gasteiger partial charge in [-0.2, -0.15) is 0 Å². The zero-order valence-electron chi connectivity index (χ0n) is 11.7. The molecule has 0 aromatic heterocycles. The molecule has 1 fully saturated rings. The predicted octanol–water partition coefficient (Wildman–Crippen LogP) is 1.55. The van der Waals surface area contributed by atoms with Crippen molar-refractivity contribution >= 4 is 5.91 Å². The molecule has 1 aromatic carbocycles. The summed E-state index contributed by atoms with van der Waals surface area (Å²) in [6.07, 6.45) is 2.16. The van der Waals surface area contributed by atoms with Crippen molar-refractivity contribution in [3.63, 3.8) is 0 Å². The van der Waals surface area contributed by atoms with Crippen molar-refractivity contribution in [2.24, 2.45) is 0 Å². The van der Waals surface area contributed by atoms with Gasteiger partial charge in [-0.05, 0) is 44.9 Å². The van der Waals surface area contributed by atoms with Crippen molar-refractivity contribution in [3.8, 4) is 5.75 Å². The molecule has 4 heteroatoms. The van der Waals surface area contributed by atoms with Gasteiger partial charge in [0.25, 0.3) is 5.91 Å². The van der Waals surface area contributed by atoms with Crippen molar-refractivity contribution in [2.45, 2.75) is 32.7 Å². The summed E-state index contributed by atoms with van der Waals surface area (Å²) in [4.78, 5) is 11.8. The van der Waals surface area contributed by atoms with Gasteiger partial charge in [0, 0.05) is 12.6 Å². The Morgan fingerprint density at radius 1 is 1.47 bits per heavy atom. The molecule has 1 amide bonds. The quantitative estimate of drug-likeness (QED) is 0.865. The molecule has 0 aliphatic carbocycles. The largest absolute Gasteiger partial charge is 0.484 e. The van der Waals surface area contributed by atoms with Crippen LogP contribution in [0.1, 0.15) is 24.0 Å². The molecular formula is C15H22N2O2. The third-order valence-corrected chi connectivity index (χ3v) is 3.35. The Morgan fingerprint density at radius 2 is 2.32 bits per heavy atom. The molecule has 1 atom stereocenters. The fourth-order valence-electron chi connectivity index (χ4n) is 2.35. The number of carbonyl (C=O) groups excluding carboxylic acids is 1. The normalized spacial score (nSPS) is 18.9. The van der Waals surface area contributed by atoms with Gasteiger partial charge in [-0.15, -0.1) is 0 Å². The van der Waals surface area contributed by atoms with E-state index in [1.165, 1.54) is 5.56 Å². The van der Waals surface area contributed by atoms with E-state index >= 15 is 0 Å². The van der Waals surface area contributed by atoms with Crippen molar-refractivity contribution < 1.29 is 9.53 Å². The monoisotopic (exact) mass is 262 g/mol. The number of amides is 1. The molecule has 1 saturated heterocycles. The second kappa shape index (κ2) is 6.57. The number of ether oxygens (including phenoxy) is 1. The lowest BCUT2D eigenvalue weighted by atomic mass is 10.1. The highest BCUT2D eigenvalue weighted by atomic mass is 16.5. The number of aryl methyl sites for hydroxylation is 2. The summed E-state index contributed by atoms with van der Waals surface area (Å²) in [5.74, 6) is 0.733. The Hall–Kier alpha value is -1.55. The standard InChI is InChI=1S/C15H22N2O2/c1-11-5-6-14(12(2)8-11)19-10-15(18)17-13-4-3-7-16-9-13/h5-6,8,13,16H,3-4,7,9-10H2,1-2H3,(H,17,18). The van der Waals surface area contributed by atoms with Crippen LogP contribution in [0.25, 0.3) is 0 Å². The lowest BCUT2D eigenvalue weighted by Crippen LogP contribution is -2.47. The minimum atomic E-state index is -0.0475.